The van der Waals surface area contributed by atoms with Crippen molar-refractivity contribution in [1.29, 1.82) is 0 Å². The smallest absolute Gasteiger partial charge is 0.238 e. The summed E-state index contributed by atoms with van der Waals surface area (Å²) in [4.78, 5) is 4.56. The SMILES string of the molecule is CCNC(=NCc1ccc(C)c(F)c1)NCCc1ccc(S(N)(=O)=O)cc1.I. The molecule has 0 atom stereocenters. The number of benzene rings is 2. The summed E-state index contributed by atoms with van der Waals surface area (Å²) in [5.74, 6) is 0.406. The van der Waals surface area contributed by atoms with E-state index in [0.29, 0.717) is 37.6 Å². The molecule has 0 bridgehead atoms. The molecule has 0 heterocycles. The van der Waals surface area contributed by atoms with E-state index in [1.807, 2.05) is 13.0 Å². The van der Waals surface area contributed by atoms with E-state index < -0.39 is 10.0 Å². The molecule has 0 fully saturated rings. The molecular formula is C19H26FIN4O2S. The van der Waals surface area contributed by atoms with E-state index in [1.54, 1.807) is 25.1 Å². The molecule has 0 aliphatic heterocycles. The van der Waals surface area contributed by atoms with Gasteiger partial charge in [-0.05, 0) is 55.2 Å². The average molecular weight is 520 g/mol. The van der Waals surface area contributed by atoms with Gasteiger partial charge < -0.3 is 10.6 Å². The maximum atomic E-state index is 13.6. The van der Waals surface area contributed by atoms with E-state index in [9.17, 15) is 12.8 Å². The highest BCUT2D eigenvalue weighted by atomic mass is 127. The fraction of sp³-hybridized carbons (Fsp3) is 0.316. The van der Waals surface area contributed by atoms with E-state index >= 15 is 0 Å². The van der Waals surface area contributed by atoms with Gasteiger partial charge in [0.25, 0.3) is 0 Å². The topological polar surface area (TPSA) is 96.6 Å². The van der Waals surface area contributed by atoms with Crippen LogP contribution in [-0.4, -0.2) is 27.5 Å². The predicted molar refractivity (Wildman–Crippen MR) is 121 cm³/mol. The Morgan fingerprint density at radius 3 is 2.32 bits per heavy atom. The number of guanidine groups is 1. The standard InChI is InChI=1S/C19H25FN4O2S.HI/c1-3-22-19(24-13-16-5-4-14(2)18(20)12-16)23-11-10-15-6-8-17(9-7-15)27(21,25)26;/h4-9,12H,3,10-11,13H2,1-2H3,(H2,21,25,26)(H2,22,23,24);1H. The Labute approximate surface area is 182 Å². The van der Waals surface area contributed by atoms with Crippen molar-refractivity contribution in [2.45, 2.75) is 31.7 Å². The third-order valence-corrected chi connectivity index (χ3v) is 4.89. The summed E-state index contributed by atoms with van der Waals surface area (Å²) in [6, 6.07) is 11.6. The lowest BCUT2D eigenvalue weighted by molar-refractivity contribution is 0.597. The Morgan fingerprint density at radius 1 is 1.11 bits per heavy atom. The van der Waals surface area contributed by atoms with Crippen molar-refractivity contribution < 1.29 is 12.8 Å². The number of nitrogens with two attached hydrogens (primary N) is 1. The molecule has 6 nitrogen and oxygen atoms in total. The number of nitrogens with one attached hydrogen (secondary N) is 2. The summed E-state index contributed by atoms with van der Waals surface area (Å²) < 4.78 is 36.2. The van der Waals surface area contributed by atoms with Gasteiger partial charge in [0, 0.05) is 13.1 Å². The van der Waals surface area contributed by atoms with Crippen molar-refractivity contribution in [1.82, 2.24) is 10.6 Å². The van der Waals surface area contributed by atoms with Gasteiger partial charge in [0.1, 0.15) is 5.82 Å². The van der Waals surface area contributed by atoms with Crippen LogP contribution in [0.15, 0.2) is 52.4 Å². The molecule has 0 aliphatic rings. The fourth-order valence-electron chi connectivity index (χ4n) is 2.42. The minimum atomic E-state index is -3.67. The van der Waals surface area contributed by atoms with Crippen molar-refractivity contribution >= 4 is 40.0 Å². The van der Waals surface area contributed by atoms with Gasteiger partial charge >= 0.3 is 0 Å². The summed E-state index contributed by atoms with van der Waals surface area (Å²) in [6.07, 6.45) is 0.689. The minimum Gasteiger partial charge on any atom is -0.357 e. The van der Waals surface area contributed by atoms with Crippen LogP contribution < -0.4 is 15.8 Å². The molecule has 2 aromatic carbocycles. The van der Waals surface area contributed by atoms with E-state index in [1.165, 1.54) is 18.2 Å². The molecule has 0 radical (unpaired) electrons. The zero-order valence-electron chi connectivity index (χ0n) is 15.9. The largest absolute Gasteiger partial charge is 0.357 e. The average Bonchev–Trinajstić information content (AvgIpc) is 2.62. The Bertz CT molecular complexity index is 903. The minimum absolute atomic E-state index is 0. The molecule has 4 N–H and O–H groups in total. The second-order valence-corrected chi connectivity index (χ2v) is 7.71. The van der Waals surface area contributed by atoms with E-state index in [4.69, 9.17) is 5.14 Å². The van der Waals surface area contributed by atoms with Crippen LogP contribution in [0, 0.1) is 12.7 Å². The molecule has 0 unspecified atom stereocenters. The molecule has 9 heteroatoms. The van der Waals surface area contributed by atoms with Gasteiger partial charge in [0.05, 0.1) is 11.4 Å². The van der Waals surface area contributed by atoms with Gasteiger partial charge in [-0.25, -0.2) is 22.9 Å². The first-order chi connectivity index (χ1) is 12.8. The normalized spacial score (nSPS) is 11.6. The number of sulfonamides is 1. The number of aryl methyl sites for hydroxylation is 1. The van der Waals surface area contributed by atoms with Crippen molar-refractivity contribution in [3.63, 3.8) is 0 Å². The third-order valence-electron chi connectivity index (χ3n) is 3.96. The van der Waals surface area contributed by atoms with Gasteiger partial charge in [0.2, 0.25) is 10.0 Å². The molecule has 0 aromatic heterocycles. The van der Waals surface area contributed by atoms with Gasteiger partial charge in [0.15, 0.2) is 5.96 Å². The van der Waals surface area contributed by atoms with Crippen molar-refractivity contribution in [2.75, 3.05) is 13.1 Å². The van der Waals surface area contributed by atoms with Gasteiger partial charge in [-0.15, -0.1) is 24.0 Å². The highest BCUT2D eigenvalue weighted by molar-refractivity contribution is 14.0. The van der Waals surface area contributed by atoms with Crippen LogP contribution in [0.1, 0.15) is 23.6 Å². The van der Waals surface area contributed by atoms with E-state index in [0.717, 1.165) is 11.1 Å². The molecule has 2 rings (SSSR count). The third kappa shape index (κ3) is 7.72. The Balaban J connectivity index is 0.00000392. The fourth-order valence-corrected chi connectivity index (χ4v) is 2.93. The van der Waals surface area contributed by atoms with Gasteiger partial charge in [-0.3, -0.25) is 0 Å². The zero-order chi connectivity index (χ0) is 19.9. The van der Waals surface area contributed by atoms with Crippen LogP contribution in [0.25, 0.3) is 0 Å². The monoisotopic (exact) mass is 520 g/mol. The first kappa shape index (κ1) is 24.3. The molecule has 154 valence electrons. The van der Waals surface area contributed by atoms with Crippen LogP contribution in [0.2, 0.25) is 0 Å². The Hall–Kier alpha value is -1.72. The number of aliphatic imine (C=N–C) groups is 1. The van der Waals surface area contributed by atoms with Crippen LogP contribution in [0.5, 0.6) is 0 Å². The number of hydrogen-bond acceptors (Lipinski definition) is 3. The zero-order valence-corrected chi connectivity index (χ0v) is 19.1. The molecule has 0 spiro atoms. The summed E-state index contributed by atoms with van der Waals surface area (Å²) >= 11 is 0. The number of primary sulfonamides is 1. The summed E-state index contributed by atoms with van der Waals surface area (Å²) in [5, 5.41) is 11.4. The maximum absolute atomic E-state index is 13.6. The molecule has 2 aromatic rings. The van der Waals surface area contributed by atoms with Crippen LogP contribution in [-0.2, 0) is 23.0 Å². The maximum Gasteiger partial charge on any atom is 0.238 e. The van der Waals surface area contributed by atoms with Crippen molar-refractivity contribution in [2.24, 2.45) is 10.1 Å². The van der Waals surface area contributed by atoms with Gasteiger partial charge in [-0.1, -0.05) is 24.3 Å². The second kappa shape index (κ2) is 11.3. The highest BCUT2D eigenvalue weighted by Gasteiger charge is 2.07. The quantitative estimate of drug-likeness (QED) is 0.297. The number of halogens is 2. The Kier molecular flexibility index (Phi) is 9.83. The lowest BCUT2D eigenvalue weighted by Gasteiger charge is -2.11. The summed E-state index contributed by atoms with van der Waals surface area (Å²) in [6.45, 7) is 5.38. The highest BCUT2D eigenvalue weighted by Crippen LogP contribution is 2.10. The van der Waals surface area contributed by atoms with Crippen molar-refractivity contribution in [3.8, 4) is 0 Å². The summed E-state index contributed by atoms with van der Waals surface area (Å²) in [7, 11) is -3.67. The second-order valence-electron chi connectivity index (χ2n) is 6.14. The predicted octanol–water partition coefficient (Wildman–Crippen LogP) is 2.70. The molecule has 0 saturated carbocycles. The molecule has 0 saturated heterocycles. The van der Waals surface area contributed by atoms with Crippen LogP contribution >= 0.6 is 24.0 Å². The summed E-state index contributed by atoms with van der Waals surface area (Å²) in [5.41, 5.74) is 2.39. The lowest BCUT2D eigenvalue weighted by Crippen LogP contribution is -2.38. The first-order valence-corrected chi connectivity index (χ1v) is 10.2. The van der Waals surface area contributed by atoms with Gasteiger partial charge in [-0.2, -0.15) is 0 Å². The number of nitrogens with zero attached hydrogens (tertiary/aromatic N) is 1. The first-order valence-electron chi connectivity index (χ1n) is 8.68. The van der Waals surface area contributed by atoms with E-state index in [2.05, 4.69) is 15.6 Å². The molecule has 0 amide bonds. The molecule has 28 heavy (non-hydrogen) atoms. The van der Waals surface area contributed by atoms with Crippen molar-refractivity contribution in [3.05, 3.63) is 65.0 Å². The van der Waals surface area contributed by atoms with Crippen LogP contribution in [0.3, 0.4) is 0 Å². The molecular weight excluding hydrogens is 494 g/mol. The van der Waals surface area contributed by atoms with E-state index in [-0.39, 0.29) is 34.7 Å². The van der Waals surface area contributed by atoms with Crippen LogP contribution in [0.4, 0.5) is 4.39 Å². The lowest BCUT2D eigenvalue weighted by atomic mass is 10.1. The number of rotatable bonds is 7. The number of hydrogen-bond donors (Lipinski definition) is 3. The Morgan fingerprint density at radius 2 is 1.75 bits per heavy atom. The molecule has 0 aliphatic carbocycles.